The van der Waals surface area contributed by atoms with Gasteiger partial charge in [-0.2, -0.15) is 0 Å². The van der Waals surface area contributed by atoms with E-state index >= 15 is 0 Å². The fourth-order valence-electron chi connectivity index (χ4n) is 1.71. The molecular formula is C15H10ClF3O4. The first-order chi connectivity index (χ1) is 10.9. The quantitative estimate of drug-likeness (QED) is 0.439. The zero-order valence-corrected chi connectivity index (χ0v) is 12.2. The number of rotatable bonds is 6. The van der Waals surface area contributed by atoms with Crippen LogP contribution in [0.3, 0.4) is 0 Å². The van der Waals surface area contributed by atoms with E-state index in [1.54, 1.807) is 30.3 Å². The van der Waals surface area contributed by atoms with E-state index in [0.717, 1.165) is 11.6 Å². The van der Waals surface area contributed by atoms with Crippen molar-refractivity contribution < 1.29 is 32.5 Å². The predicted molar refractivity (Wildman–Crippen MR) is 75.2 cm³/mol. The van der Waals surface area contributed by atoms with E-state index in [2.05, 4.69) is 9.78 Å². The van der Waals surface area contributed by atoms with Crippen LogP contribution in [0.1, 0.15) is 15.9 Å². The number of carbonyl (C=O) groups is 1. The molecule has 0 bridgehead atoms. The van der Waals surface area contributed by atoms with Crippen LogP contribution in [-0.4, -0.2) is 11.6 Å². The highest BCUT2D eigenvalue weighted by atomic mass is 35.5. The molecule has 0 amide bonds. The summed E-state index contributed by atoms with van der Waals surface area (Å²) in [4.78, 5) is 18.9. The Bertz CT molecular complexity index is 674. The molecule has 0 aliphatic heterocycles. The van der Waals surface area contributed by atoms with Crippen molar-refractivity contribution in [3.63, 3.8) is 0 Å². The summed E-state index contributed by atoms with van der Waals surface area (Å²) in [6, 6.07) is 12.6. The molecule has 0 fully saturated rings. The molecule has 0 N–H and O–H groups in total. The molecule has 0 aliphatic carbocycles. The van der Waals surface area contributed by atoms with Crippen molar-refractivity contribution in [3.05, 3.63) is 59.7 Å². The van der Waals surface area contributed by atoms with E-state index in [-0.39, 0.29) is 17.9 Å². The third-order valence-electron chi connectivity index (χ3n) is 2.64. The molecule has 0 heterocycles. The SMILES string of the molecule is O=C(Cl)c1cccc(OOC(F)(F)F)c1OCc1ccccc1. The van der Waals surface area contributed by atoms with Gasteiger partial charge in [-0.15, -0.1) is 13.2 Å². The number of alkyl halides is 3. The minimum Gasteiger partial charge on any atom is -0.484 e. The zero-order chi connectivity index (χ0) is 16.9. The second kappa shape index (κ2) is 7.34. The summed E-state index contributed by atoms with van der Waals surface area (Å²) in [6.07, 6.45) is -5.00. The Labute approximate surface area is 134 Å². The largest absolute Gasteiger partial charge is 0.558 e. The molecule has 0 aliphatic rings. The maximum Gasteiger partial charge on any atom is 0.558 e. The summed E-state index contributed by atoms with van der Waals surface area (Å²) in [5.41, 5.74) is 0.609. The van der Waals surface area contributed by atoms with Crippen LogP contribution >= 0.6 is 11.6 Å². The van der Waals surface area contributed by atoms with Gasteiger partial charge in [-0.05, 0) is 29.3 Å². The predicted octanol–water partition coefficient (Wildman–Crippen LogP) is 4.47. The van der Waals surface area contributed by atoms with E-state index in [1.807, 2.05) is 0 Å². The first-order valence-corrected chi connectivity index (χ1v) is 6.66. The maximum atomic E-state index is 12.1. The molecule has 0 atom stereocenters. The Morgan fingerprint density at radius 2 is 1.74 bits per heavy atom. The molecule has 2 aromatic carbocycles. The van der Waals surface area contributed by atoms with Crippen LogP contribution in [0.4, 0.5) is 13.2 Å². The van der Waals surface area contributed by atoms with Gasteiger partial charge in [-0.25, -0.2) is 0 Å². The van der Waals surface area contributed by atoms with Crippen molar-refractivity contribution in [1.82, 2.24) is 0 Å². The Kier molecular flexibility index (Phi) is 5.46. The van der Waals surface area contributed by atoms with Gasteiger partial charge < -0.3 is 9.62 Å². The normalized spacial score (nSPS) is 11.1. The van der Waals surface area contributed by atoms with Crippen LogP contribution in [-0.2, 0) is 11.5 Å². The van der Waals surface area contributed by atoms with Gasteiger partial charge in [0.25, 0.3) is 5.24 Å². The van der Waals surface area contributed by atoms with Gasteiger partial charge in [0, 0.05) is 0 Å². The zero-order valence-electron chi connectivity index (χ0n) is 11.5. The average molecular weight is 347 g/mol. The summed E-state index contributed by atoms with van der Waals surface area (Å²) < 4.78 is 41.7. The number of para-hydroxylation sites is 1. The molecule has 0 aromatic heterocycles. The molecule has 0 spiro atoms. The molecule has 8 heteroatoms. The summed E-state index contributed by atoms with van der Waals surface area (Å²) in [5.74, 6) is -0.648. The average Bonchev–Trinajstić information content (AvgIpc) is 2.51. The van der Waals surface area contributed by atoms with Crippen LogP contribution < -0.4 is 9.62 Å². The number of ether oxygens (including phenoxy) is 1. The van der Waals surface area contributed by atoms with E-state index in [1.165, 1.54) is 12.1 Å². The van der Waals surface area contributed by atoms with Crippen molar-refractivity contribution in [2.45, 2.75) is 13.0 Å². The lowest BCUT2D eigenvalue weighted by Gasteiger charge is -2.14. The van der Waals surface area contributed by atoms with Gasteiger partial charge in [0.15, 0.2) is 5.75 Å². The van der Waals surface area contributed by atoms with E-state index < -0.39 is 17.4 Å². The van der Waals surface area contributed by atoms with E-state index in [9.17, 15) is 18.0 Å². The molecule has 122 valence electrons. The van der Waals surface area contributed by atoms with Gasteiger partial charge in [0.2, 0.25) is 5.75 Å². The van der Waals surface area contributed by atoms with Crippen LogP contribution in [0.25, 0.3) is 0 Å². The summed E-state index contributed by atoms with van der Waals surface area (Å²) in [5, 5.41) is -0.898. The Balaban J connectivity index is 2.24. The monoisotopic (exact) mass is 346 g/mol. The lowest BCUT2D eigenvalue weighted by Crippen LogP contribution is -2.16. The van der Waals surface area contributed by atoms with Gasteiger partial charge in [0.05, 0.1) is 5.56 Å². The number of halogens is 4. The third kappa shape index (κ3) is 5.15. The molecule has 0 saturated carbocycles. The molecular weight excluding hydrogens is 337 g/mol. The second-order valence-corrected chi connectivity index (χ2v) is 4.64. The smallest absolute Gasteiger partial charge is 0.484 e. The molecule has 0 radical (unpaired) electrons. The fourth-order valence-corrected chi connectivity index (χ4v) is 1.86. The van der Waals surface area contributed by atoms with Gasteiger partial charge >= 0.3 is 6.36 Å². The van der Waals surface area contributed by atoms with E-state index in [4.69, 9.17) is 16.3 Å². The number of hydrogen-bond acceptors (Lipinski definition) is 4. The van der Waals surface area contributed by atoms with Gasteiger partial charge in [-0.1, -0.05) is 41.3 Å². The third-order valence-corrected chi connectivity index (χ3v) is 2.85. The minimum atomic E-state index is -5.00. The van der Waals surface area contributed by atoms with Crippen LogP contribution in [0.5, 0.6) is 11.5 Å². The molecule has 4 nitrogen and oxygen atoms in total. The van der Waals surface area contributed by atoms with Crippen molar-refractivity contribution in [1.29, 1.82) is 0 Å². The van der Waals surface area contributed by atoms with Crippen molar-refractivity contribution in [2.75, 3.05) is 0 Å². The highest BCUT2D eigenvalue weighted by Crippen LogP contribution is 2.34. The Morgan fingerprint density at radius 3 is 2.35 bits per heavy atom. The number of benzene rings is 2. The molecule has 2 aromatic rings. The van der Waals surface area contributed by atoms with E-state index in [0.29, 0.717) is 0 Å². The molecule has 2 rings (SSSR count). The number of carbonyl (C=O) groups excluding carboxylic acids is 1. The lowest BCUT2D eigenvalue weighted by molar-refractivity contribution is -0.445. The van der Waals surface area contributed by atoms with Gasteiger partial charge in [0.1, 0.15) is 6.61 Å². The highest BCUT2D eigenvalue weighted by Gasteiger charge is 2.33. The summed E-state index contributed by atoms with van der Waals surface area (Å²) in [7, 11) is 0. The van der Waals surface area contributed by atoms with Crippen molar-refractivity contribution in [2.24, 2.45) is 0 Å². The summed E-state index contributed by atoms with van der Waals surface area (Å²) in [6.45, 7) is 0.00437. The lowest BCUT2D eigenvalue weighted by atomic mass is 10.2. The highest BCUT2D eigenvalue weighted by molar-refractivity contribution is 6.68. The minimum absolute atomic E-state index is 0.00437. The molecule has 23 heavy (non-hydrogen) atoms. The maximum absolute atomic E-state index is 12.1. The van der Waals surface area contributed by atoms with Crippen molar-refractivity contribution >= 4 is 16.8 Å². The van der Waals surface area contributed by atoms with Crippen LogP contribution in [0.2, 0.25) is 0 Å². The van der Waals surface area contributed by atoms with Crippen LogP contribution in [0, 0.1) is 0 Å². The van der Waals surface area contributed by atoms with Crippen molar-refractivity contribution in [3.8, 4) is 11.5 Å². The van der Waals surface area contributed by atoms with Crippen LogP contribution in [0.15, 0.2) is 48.5 Å². The topological polar surface area (TPSA) is 44.8 Å². The molecule has 0 saturated heterocycles. The Morgan fingerprint density at radius 1 is 1.04 bits per heavy atom. The fraction of sp³-hybridized carbons (Fsp3) is 0.133. The standard InChI is InChI=1S/C15H10ClF3O4/c16-14(20)11-7-4-8-12(22-23-15(17,18)19)13(11)21-9-10-5-2-1-3-6-10/h1-8H,9H2. The second-order valence-electron chi connectivity index (χ2n) is 4.29. The van der Waals surface area contributed by atoms with Gasteiger partial charge in [-0.3, -0.25) is 4.79 Å². The number of hydrogen-bond donors (Lipinski definition) is 0. The first-order valence-electron chi connectivity index (χ1n) is 6.29. The summed E-state index contributed by atoms with van der Waals surface area (Å²) >= 11 is 5.41. The molecule has 0 unspecified atom stereocenters. The first kappa shape index (κ1) is 17.1. The Hall–Kier alpha value is -2.25.